The second-order valence-corrected chi connectivity index (χ2v) is 7.58. The molecule has 164 valence electrons. The van der Waals surface area contributed by atoms with Crippen molar-refractivity contribution < 1.29 is 23.1 Å². The number of hydroxylamine groups is 2. The number of amides is 1. The Balaban J connectivity index is 1.34. The van der Waals surface area contributed by atoms with Crippen LogP contribution in [0, 0.1) is 0 Å². The molecule has 1 aliphatic heterocycles. The average Bonchev–Trinajstić information content (AvgIpc) is 3.17. The SMILES string of the molecule is C[C@H]1CN(OC(=O)Nc2ccc(OC(F)F)cc2)CCN1c1nc(N)nc2scnc12. The van der Waals surface area contributed by atoms with E-state index in [2.05, 4.69) is 29.9 Å². The van der Waals surface area contributed by atoms with Crippen LogP contribution in [0.5, 0.6) is 5.75 Å². The lowest BCUT2D eigenvalue weighted by atomic mass is 10.2. The molecule has 0 aliphatic carbocycles. The first-order chi connectivity index (χ1) is 14.9. The molecule has 1 aromatic carbocycles. The first-order valence-corrected chi connectivity index (χ1v) is 10.2. The van der Waals surface area contributed by atoms with Crippen molar-refractivity contribution in [2.24, 2.45) is 0 Å². The van der Waals surface area contributed by atoms with E-state index in [4.69, 9.17) is 10.6 Å². The number of carbonyl (C=O) groups is 1. The second kappa shape index (κ2) is 8.81. The number of aromatic nitrogens is 3. The number of anilines is 3. The molecular weight excluding hydrogens is 432 g/mol. The van der Waals surface area contributed by atoms with Crippen LogP contribution in [0.3, 0.4) is 0 Å². The first kappa shape index (κ1) is 20.9. The van der Waals surface area contributed by atoms with Gasteiger partial charge >= 0.3 is 12.7 Å². The van der Waals surface area contributed by atoms with Gasteiger partial charge < -0.3 is 20.2 Å². The molecule has 3 heterocycles. The van der Waals surface area contributed by atoms with Gasteiger partial charge in [-0.15, -0.1) is 16.4 Å². The Hall–Kier alpha value is -3.32. The number of piperazine rings is 1. The first-order valence-electron chi connectivity index (χ1n) is 9.31. The van der Waals surface area contributed by atoms with E-state index >= 15 is 0 Å². The van der Waals surface area contributed by atoms with Crippen molar-refractivity contribution in [1.29, 1.82) is 0 Å². The smallest absolute Gasteiger partial charge is 0.430 e. The molecule has 10 nitrogen and oxygen atoms in total. The number of nitrogens with zero attached hydrogens (tertiary/aromatic N) is 5. The highest BCUT2D eigenvalue weighted by atomic mass is 32.1. The number of halogens is 2. The number of nitrogens with two attached hydrogens (primary N) is 1. The summed E-state index contributed by atoms with van der Waals surface area (Å²) in [7, 11) is 0. The fourth-order valence-electron chi connectivity index (χ4n) is 3.26. The predicted octanol–water partition coefficient (Wildman–Crippen LogP) is 2.94. The number of hydrogen-bond donors (Lipinski definition) is 2. The molecular formula is C18H19F2N7O3S. The summed E-state index contributed by atoms with van der Waals surface area (Å²) in [5, 5.41) is 4.10. The Kier molecular flexibility index (Phi) is 5.95. The zero-order chi connectivity index (χ0) is 22.0. The standard InChI is InChI=1S/C18H19F2N7O3S/c1-10-8-26(30-18(28)23-11-2-4-12(5-3-11)29-16(19)20)6-7-27(10)14-13-15(31-9-22-13)25-17(21)24-14/h2-5,9-10,16H,6-8H2,1H3,(H,23,28)(H2,21,24,25)/t10-/m0/s1. The molecule has 3 aromatic rings. The van der Waals surface area contributed by atoms with Gasteiger partial charge in [0.25, 0.3) is 0 Å². The molecule has 1 amide bonds. The van der Waals surface area contributed by atoms with Gasteiger partial charge in [0.15, 0.2) is 10.6 Å². The molecule has 0 radical (unpaired) electrons. The maximum absolute atomic E-state index is 12.2. The summed E-state index contributed by atoms with van der Waals surface area (Å²) < 4.78 is 28.7. The van der Waals surface area contributed by atoms with Crippen LogP contribution in [0.2, 0.25) is 0 Å². The molecule has 31 heavy (non-hydrogen) atoms. The highest BCUT2D eigenvalue weighted by Crippen LogP contribution is 2.28. The van der Waals surface area contributed by atoms with E-state index < -0.39 is 12.7 Å². The van der Waals surface area contributed by atoms with E-state index in [1.165, 1.54) is 35.6 Å². The molecule has 1 aliphatic rings. The van der Waals surface area contributed by atoms with E-state index in [1.54, 1.807) is 10.6 Å². The second-order valence-electron chi connectivity index (χ2n) is 6.75. The van der Waals surface area contributed by atoms with Gasteiger partial charge in [0.1, 0.15) is 11.3 Å². The minimum Gasteiger partial charge on any atom is -0.435 e. The fraction of sp³-hybridized carbons (Fsp3) is 0.333. The topological polar surface area (TPSA) is 119 Å². The van der Waals surface area contributed by atoms with E-state index in [0.29, 0.717) is 36.7 Å². The lowest BCUT2D eigenvalue weighted by Crippen LogP contribution is -2.53. The van der Waals surface area contributed by atoms with Gasteiger partial charge in [0, 0.05) is 18.3 Å². The fourth-order valence-corrected chi connectivity index (χ4v) is 3.92. The number of alkyl halides is 2. The van der Waals surface area contributed by atoms with Crippen LogP contribution in [-0.2, 0) is 4.84 Å². The molecule has 2 aromatic heterocycles. The van der Waals surface area contributed by atoms with Crippen molar-refractivity contribution in [3.8, 4) is 5.75 Å². The molecule has 3 N–H and O–H groups in total. The number of ether oxygens (including phenoxy) is 1. The Bertz CT molecular complexity index is 1070. The summed E-state index contributed by atoms with van der Waals surface area (Å²) in [6.07, 6.45) is -0.684. The Labute approximate surface area is 179 Å². The maximum atomic E-state index is 12.2. The zero-order valence-electron chi connectivity index (χ0n) is 16.4. The molecule has 1 fully saturated rings. The number of carbonyl (C=O) groups excluding carboxylic acids is 1. The maximum Gasteiger partial charge on any atom is 0.430 e. The van der Waals surface area contributed by atoms with E-state index in [0.717, 1.165) is 4.83 Å². The third-order valence-electron chi connectivity index (χ3n) is 4.60. The van der Waals surface area contributed by atoms with Crippen molar-refractivity contribution >= 4 is 45.2 Å². The quantitative estimate of drug-likeness (QED) is 0.603. The van der Waals surface area contributed by atoms with E-state index in [1.807, 2.05) is 6.92 Å². The number of nitrogen functional groups attached to an aromatic ring is 1. The number of fused-ring (bicyclic) bond motifs is 1. The number of thiazole rings is 1. The molecule has 4 rings (SSSR count). The third kappa shape index (κ3) is 4.88. The summed E-state index contributed by atoms with van der Waals surface area (Å²) in [5.41, 5.74) is 8.61. The number of rotatable bonds is 5. The number of benzene rings is 1. The van der Waals surface area contributed by atoms with Crippen molar-refractivity contribution in [2.75, 3.05) is 35.6 Å². The Morgan fingerprint density at radius 1 is 1.29 bits per heavy atom. The predicted molar refractivity (Wildman–Crippen MR) is 111 cm³/mol. The minimum absolute atomic E-state index is 0.00144. The normalized spacial score (nSPS) is 17.2. The van der Waals surface area contributed by atoms with Crippen LogP contribution in [0.25, 0.3) is 10.3 Å². The molecule has 1 atom stereocenters. The largest absolute Gasteiger partial charge is 0.435 e. The van der Waals surface area contributed by atoms with Crippen LogP contribution < -0.4 is 20.7 Å². The van der Waals surface area contributed by atoms with Crippen molar-refractivity contribution in [1.82, 2.24) is 20.0 Å². The summed E-state index contributed by atoms with van der Waals surface area (Å²) >= 11 is 1.39. The van der Waals surface area contributed by atoms with Crippen LogP contribution in [-0.4, -0.2) is 58.4 Å². The molecule has 0 spiro atoms. The summed E-state index contributed by atoms with van der Waals surface area (Å²) in [6, 6.07) is 5.51. The minimum atomic E-state index is -2.91. The van der Waals surface area contributed by atoms with Gasteiger partial charge in [-0.3, -0.25) is 5.32 Å². The lowest BCUT2D eigenvalue weighted by Gasteiger charge is -2.39. The van der Waals surface area contributed by atoms with Gasteiger partial charge in [-0.05, 0) is 31.2 Å². The van der Waals surface area contributed by atoms with Crippen LogP contribution in [0.4, 0.5) is 31.0 Å². The van der Waals surface area contributed by atoms with Crippen LogP contribution in [0.1, 0.15) is 6.92 Å². The Morgan fingerprint density at radius 3 is 2.77 bits per heavy atom. The van der Waals surface area contributed by atoms with Crippen LogP contribution >= 0.6 is 11.3 Å². The zero-order valence-corrected chi connectivity index (χ0v) is 17.2. The molecule has 0 bridgehead atoms. The average molecular weight is 451 g/mol. The molecule has 1 saturated heterocycles. The third-order valence-corrected chi connectivity index (χ3v) is 5.32. The van der Waals surface area contributed by atoms with Crippen molar-refractivity contribution in [3.63, 3.8) is 0 Å². The highest BCUT2D eigenvalue weighted by Gasteiger charge is 2.29. The van der Waals surface area contributed by atoms with Crippen LogP contribution in [0.15, 0.2) is 29.8 Å². The van der Waals surface area contributed by atoms with Gasteiger partial charge in [-0.1, -0.05) is 0 Å². The van der Waals surface area contributed by atoms with E-state index in [-0.39, 0.29) is 17.7 Å². The highest BCUT2D eigenvalue weighted by molar-refractivity contribution is 7.16. The van der Waals surface area contributed by atoms with Gasteiger partial charge in [-0.2, -0.15) is 13.8 Å². The monoisotopic (exact) mass is 451 g/mol. The number of nitrogens with one attached hydrogen (secondary N) is 1. The van der Waals surface area contributed by atoms with Gasteiger partial charge in [0.05, 0.1) is 18.6 Å². The molecule has 0 unspecified atom stereocenters. The lowest BCUT2D eigenvalue weighted by molar-refractivity contribution is -0.103. The summed E-state index contributed by atoms with van der Waals surface area (Å²) in [4.78, 5) is 33.2. The van der Waals surface area contributed by atoms with E-state index in [9.17, 15) is 13.6 Å². The van der Waals surface area contributed by atoms with Crippen molar-refractivity contribution in [3.05, 3.63) is 29.8 Å². The molecule has 13 heteroatoms. The van der Waals surface area contributed by atoms with Crippen molar-refractivity contribution in [2.45, 2.75) is 19.6 Å². The Morgan fingerprint density at radius 2 is 2.06 bits per heavy atom. The van der Waals surface area contributed by atoms with Gasteiger partial charge in [-0.25, -0.2) is 14.8 Å². The molecule has 0 saturated carbocycles. The van der Waals surface area contributed by atoms with Gasteiger partial charge in [0.2, 0.25) is 5.95 Å². The number of hydrogen-bond acceptors (Lipinski definition) is 10. The summed E-state index contributed by atoms with van der Waals surface area (Å²) in [6.45, 7) is 0.483. The summed E-state index contributed by atoms with van der Waals surface area (Å²) in [5.74, 6) is 0.840.